The van der Waals surface area contributed by atoms with E-state index in [2.05, 4.69) is 0 Å². The third kappa shape index (κ3) is 1.12. The molecule has 0 aliphatic rings. The molecule has 0 aliphatic carbocycles. The summed E-state index contributed by atoms with van der Waals surface area (Å²) in [6.07, 6.45) is 0. The largest absolute Gasteiger partial charge is 0.204 e. The van der Waals surface area contributed by atoms with E-state index in [-0.39, 0.29) is 5.02 Å². The highest BCUT2D eigenvalue weighted by molar-refractivity contribution is 6.31. The van der Waals surface area contributed by atoms with E-state index < -0.39 is 11.6 Å². The molecule has 0 amide bonds. The minimum absolute atomic E-state index is 0.139. The van der Waals surface area contributed by atoms with Gasteiger partial charge in [-0.15, -0.1) is 0 Å². The summed E-state index contributed by atoms with van der Waals surface area (Å²) in [6.45, 7) is 1.62. The van der Waals surface area contributed by atoms with Crippen molar-refractivity contribution in [2.45, 2.75) is 6.92 Å². The number of rotatable bonds is 0. The molecule has 10 heavy (non-hydrogen) atoms. The van der Waals surface area contributed by atoms with Crippen molar-refractivity contribution >= 4 is 11.6 Å². The maximum absolute atomic E-state index is 12.5. The van der Waals surface area contributed by atoms with Crippen LogP contribution in [-0.4, -0.2) is 0 Å². The fraction of sp³-hybridized carbons (Fsp3) is 0.143. The highest BCUT2D eigenvalue weighted by Gasteiger charge is 2.07. The lowest BCUT2D eigenvalue weighted by atomic mass is 10.2. The van der Waals surface area contributed by atoms with Crippen LogP contribution in [0.5, 0.6) is 0 Å². The molecule has 0 saturated carbocycles. The number of benzene rings is 1. The average Bonchev–Trinajstić information content (AvgIpc) is 1.93. The van der Waals surface area contributed by atoms with E-state index in [9.17, 15) is 8.78 Å². The lowest BCUT2D eigenvalue weighted by Crippen LogP contribution is -1.86. The van der Waals surface area contributed by atoms with E-state index in [1.165, 1.54) is 6.07 Å². The first kappa shape index (κ1) is 7.48. The van der Waals surface area contributed by atoms with Crippen LogP contribution in [0.4, 0.5) is 8.78 Å². The lowest BCUT2D eigenvalue weighted by Gasteiger charge is -1.97. The van der Waals surface area contributed by atoms with E-state index in [4.69, 9.17) is 11.6 Å². The molecule has 0 unspecified atom stereocenters. The molecule has 0 nitrogen and oxygen atoms in total. The fourth-order valence-corrected chi connectivity index (χ4v) is 0.776. The van der Waals surface area contributed by atoms with Crippen molar-refractivity contribution in [3.8, 4) is 0 Å². The Kier molecular flexibility index (Phi) is 1.90. The normalized spacial score (nSPS) is 10.0. The Morgan fingerprint density at radius 2 is 1.90 bits per heavy atom. The summed E-state index contributed by atoms with van der Waals surface area (Å²) in [6, 6.07) is 2.48. The van der Waals surface area contributed by atoms with Crippen LogP contribution in [-0.2, 0) is 0 Å². The molecule has 0 fully saturated rings. The quantitative estimate of drug-likeness (QED) is 0.515. The third-order valence-electron chi connectivity index (χ3n) is 1.23. The molecular weight excluding hydrogens is 158 g/mol. The van der Waals surface area contributed by atoms with Gasteiger partial charge in [0.05, 0.1) is 5.02 Å². The van der Waals surface area contributed by atoms with Gasteiger partial charge in [0.2, 0.25) is 0 Å². The molecule has 0 heterocycles. The van der Waals surface area contributed by atoms with Gasteiger partial charge in [0.15, 0.2) is 11.6 Å². The van der Waals surface area contributed by atoms with Crippen LogP contribution in [0, 0.1) is 18.6 Å². The van der Waals surface area contributed by atoms with Crippen LogP contribution in [0.1, 0.15) is 5.56 Å². The second-order valence-electron chi connectivity index (χ2n) is 1.99. The van der Waals surface area contributed by atoms with Gasteiger partial charge in [-0.05, 0) is 18.6 Å². The second kappa shape index (κ2) is 2.54. The molecule has 54 valence electrons. The summed E-state index contributed by atoms with van der Waals surface area (Å²) < 4.78 is 24.8. The van der Waals surface area contributed by atoms with Crippen molar-refractivity contribution in [1.82, 2.24) is 0 Å². The van der Waals surface area contributed by atoms with Gasteiger partial charge in [0, 0.05) is 0 Å². The van der Waals surface area contributed by atoms with E-state index >= 15 is 0 Å². The molecule has 1 aromatic carbocycles. The van der Waals surface area contributed by atoms with Crippen LogP contribution < -0.4 is 0 Å². The Labute approximate surface area is 62.4 Å². The molecule has 3 heteroatoms. The molecule has 0 aromatic heterocycles. The minimum atomic E-state index is -0.971. The minimum Gasteiger partial charge on any atom is -0.204 e. The van der Waals surface area contributed by atoms with Gasteiger partial charge in [-0.2, -0.15) is 0 Å². The maximum Gasteiger partial charge on any atom is 0.177 e. The first-order valence-corrected chi connectivity index (χ1v) is 3.11. The molecule has 0 aliphatic heterocycles. The second-order valence-corrected chi connectivity index (χ2v) is 2.37. The third-order valence-corrected chi connectivity index (χ3v) is 1.69. The number of hydrogen-bond acceptors (Lipinski definition) is 0. The van der Waals surface area contributed by atoms with Gasteiger partial charge in [-0.3, -0.25) is 0 Å². The van der Waals surface area contributed by atoms with Crippen molar-refractivity contribution in [1.29, 1.82) is 0 Å². The SMILES string of the molecule is Cc1ccc(F)c(F)c1Cl. The van der Waals surface area contributed by atoms with Crippen LogP contribution in [0.15, 0.2) is 12.1 Å². The molecule has 1 rings (SSSR count). The standard InChI is InChI=1S/C7H5ClF2/c1-4-2-3-5(9)7(10)6(4)8/h2-3H,1H3. The van der Waals surface area contributed by atoms with Crippen molar-refractivity contribution in [2.75, 3.05) is 0 Å². The first-order chi connectivity index (χ1) is 4.63. The van der Waals surface area contributed by atoms with Gasteiger partial charge in [0.25, 0.3) is 0 Å². The van der Waals surface area contributed by atoms with Gasteiger partial charge in [-0.25, -0.2) is 8.78 Å². The molecule has 0 spiro atoms. The topological polar surface area (TPSA) is 0 Å². The zero-order chi connectivity index (χ0) is 7.72. The average molecular weight is 163 g/mol. The van der Waals surface area contributed by atoms with E-state index in [1.54, 1.807) is 6.92 Å². The molecule has 0 radical (unpaired) electrons. The van der Waals surface area contributed by atoms with Crippen molar-refractivity contribution in [2.24, 2.45) is 0 Å². The summed E-state index contributed by atoms with van der Waals surface area (Å²) in [5, 5.41) is -0.139. The number of aryl methyl sites for hydroxylation is 1. The van der Waals surface area contributed by atoms with E-state index in [0.717, 1.165) is 6.07 Å². The van der Waals surface area contributed by atoms with E-state index in [0.29, 0.717) is 5.56 Å². The summed E-state index contributed by atoms with van der Waals surface area (Å²) in [5.41, 5.74) is 0.542. The van der Waals surface area contributed by atoms with Gasteiger partial charge in [-0.1, -0.05) is 17.7 Å². The van der Waals surface area contributed by atoms with Gasteiger partial charge >= 0.3 is 0 Å². The summed E-state index contributed by atoms with van der Waals surface area (Å²) in [4.78, 5) is 0. The zero-order valence-electron chi connectivity index (χ0n) is 5.29. The van der Waals surface area contributed by atoms with Crippen LogP contribution in [0.3, 0.4) is 0 Å². The number of hydrogen-bond donors (Lipinski definition) is 0. The maximum atomic E-state index is 12.5. The molecular formula is C7H5ClF2. The predicted molar refractivity (Wildman–Crippen MR) is 36.1 cm³/mol. The molecule has 0 N–H and O–H groups in total. The lowest BCUT2D eigenvalue weighted by molar-refractivity contribution is 0.508. The first-order valence-electron chi connectivity index (χ1n) is 2.73. The van der Waals surface area contributed by atoms with Crippen LogP contribution in [0.2, 0.25) is 5.02 Å². The Morgan fingerprint density at radius 1 is 1.30 bits per heavy atom. The number of halogens is 3. The Bertz CT molecular complexity index is 231. The summed E-state index contributed by atoms with van der Waals surface area (Å²) >= 11 is 5.37. The smallest absolute Gasteiger partial charge is 0.177 e. The van der Waals surface area contributed by atoms with E-state index in [1.807, 2.05) is 0 Å². The Balaban J connectivity index is 3.34. The molecule has 0 saturated heterocycles. The summed E-state index contributed by atoms with van der Waals surface area (Å²) in [5.74, 6) is -1.88. The molecule has 0 atom stereocenters. The molecule has 0 bridgehead atoms. The Hall–Kier alpha value is -0.630. The fourth-order valence-electron chi connectivity index (χ4n) is 0.622. The van der Waals surface area contributed by atoms with Crippen LogP contribution >= 0.6 is 11.6 Å². The van der Waals surface area contributed by atoms with Crippen LogP contribution in [0.25, 0.3) is 0 Å². The van der Waals surface area contributed by atoms with Crippen molar-refractivity contribution in [3.05, 3.63) is 34.4 Å². The highest BCUT2D eigenvalue weighted by atomic mass is 35.5. The zero-order valence-corrected chi connectivity index (χ0v) is 6.04. The van der Waals surface area contributed by atoms with Gasteiger partial charge in [0.1, 0.15) is 0 Å². The van der Waals surface area contributed by atoms with Crippen molar-refractivity contribution in [3.63, 3.8) is 0 Å². The van der Waals surface area contributed by atoms with Gasteiger partial charge < -0.3 is 0 Å². The monoisotopic (exact) mass is 162 g/mol. The Morgan fingerprint density at radius 3 is 2.40 bits per heavy atom. The highest BCUT2D eigenvalue weighted by Crippen LogP contribution is 2.20. The summed E-state index contributed by atoms with van der Waals surface area (Å²) in [7, 11) is 0. The predicted octanol–water partition coefficient (Wildman–Crippen LogP) is 2.93. The van der Waals surface area contributed by atoms with Crippen molar-refractivity contribution < 1.29 is 8.78 Å². The molecule has 1 aromatic rings.